The van der Waals surface area contributed by atoms with E-state index in [2.05, 4.69) is 5.32 Å². The van der Waals surface area contributed by atoms with E-state index in [-0.39, 0.29) is 53.7 Å². The van der Waals surface area contributed by atoms with Crippen molar-refractivity contribution in [1.82, 2.24) is 15.1 Å². The summed E-state index contributed by atoms with van der Waals surface area (Å²) in [4.78, 5) is 82.9. The first-order valence-corrected chi connectivity index (χ1v) is 22.3. The molecular formula is C43H60ClN5O12S. The number of piperidine rings is 1. The van der Waals surface area contributed by atoms with Crippen molar-refractivity contribution < 1.29 is 57.6 Å². The van der Waals surface area contributed by atoms with Crippen molar-refractivity contribution in [1.29, 1.82) is 0 Å². The summed E-state index contributed by atoms with van der Waals surface area (Å²) in [5.74, 6) is -2.01. The van der Waals surface area contributed by atoms with E-state index in [4.69, 9.17) is 41.0 Å². The molecule has 4 aliphatic rings. The van der Waals surface area contributed by atoms with Gasteiger partial charge in [0.25, 0.3) is 0 Å². The van der Waals surface area contributed by atoms with Crippen molar-refractivity contribution in [3.8, 4) is 5.75 Å². The number of nitrogens with one attached hydrogen (secondary N) is 1. The first kappa shape index (κ1) is 48.7. The van der Waals surface area contributed by atoms with E-state index >= 15 is 0 Å². The summed E-state index contributed by atoms with van der Waals surface area (Å²) in [6.45, 7) is 7.81. The topological polar surface area (TPSA) is 220 Å². The van der Waals surface area contributed by atoms with Gasteiger partial charge < -0.3 is 49.2 Å². The van der Waals surface area contributed by atoms with Gasteiger partial charge in [-0.05, 0) is 57.7 Å². The molecule has 0 aliphatic carbocycles. The highest BCUT2D eigenvalue weighted by Crippen LogP contribution is 2.49. The number of hydrogen-bond acceptors (Lipinski definition) is 13. The molecule has 17 nitrogen and oxygen atoms in total. The molecule has 4 aliphatic heterocycles. The number of carbonyl (C=O) groups excluding carboxylic acids is 6. The van der Waals surface area contributed by atoms with E-state index < -0.39 is 65.7 Å². The number of ether oxygens (including phenoxy) is 5. The molecule has 1 aromatic carbocycles. The number of aliphatic hydroxyl groups is 1. The summed E-state index contributed by atoms with van der Waals surface area (Å²) in [6, 6.07) is 2.48. The second-order valence-corrected chi connectivity index (χ2v) is 18.2. The summed E-state index contributed by atoms with van der Waals surface area (Å²) in [5, 5.41) is 14.5. The predicted molar refractivity (Wildman–Crippen MR) is 231 cm³/mol. The smallest absolute Gasteiger partial charge is 0.409 e. The molecule has 19 heteroatoms. The molecule has 0 unspecified atom stereocenters. The minimum Gasteiger partial charge on any atom is -0.495 e. The van der Waals surface area contributed by atoms with Gasteiger partial charge in [-0.15, -0.1) is 0 Å². The number of halogens is 1. The van der Waals surface area contributed by atoms with Gasteiger partial charge in [0.15, 0.2) is 5.72 Å². The van der Waals surface area contributed by atoms with Gasteiger partial charge in [-0.25, -0.2) is 9.59 Å². The fourth-order valence-electron chi connectivity index (χ4n) is 8.22. The molecule has 1 aromatic rings. The quantitative estimate of drug-likeness (QED) is 0.165. The molecule has 3 saturated heterocycles. The number of hydrogen-bond donors (Lipinski definition) is 3. The average molecular weight is 906 g/mol. The summed E-state index contributed by atoms with van der Waals surface area (Å²) in [7, 11) is 5.93. The SMILES string of the molecule is COc1cc2cc(c1Cl)N(C)C(=O)C[C@H](OC(=O)[C@@H](C)N(C)C(=O)CCSCC(=O)N1CCC(C(N)=O)CC1)[C@]1(C)O[C@H]1[C@H](C)[C@@H]1C[C@@](O)(NC(=O)O1)[C@H](OC)/C=C/C=C(\C)C2. The molecule has 4 N–H and O–H groups in total. The van der Waals surface area contributed by atoms with Crippen LogP contribution in [0.4, 0.5) is 10.5 Å². The maximum atomic E-state index is 14.3. The van der Waals surface area contributed by atoms with Crippen LogP contribution in [0.1, 0.15) is 65.4 Å². The van der Waals surface area contributed by atoms with Crippen LogP contribution in [0.5, 0.6) is 5.75 Å². The number of amides is 5. The number of nitrogens with zero attached hydrogens (tertiary/aromatic N) is 3. The van der Waals surface area contributed by atoms with Crippen LogP contribution in [0.2, 0.25) is 5.02 Å². The zero-order valence-electron chi connectivity index (χ0n) is 36.6. The largest absolute Gasteiger partial charge is 0.495 e. The number of likely N-dealkylation sites (N-methyl/N-ethyl adjacent to an activating group) is 1. The molecule has 4 heterocycles. The predicted octanol–water partition coefficient (Wildman–Crippen LogP) is 3.36. The Hall–Kier alpha value is -4.36. The molecule has 0 spiro atoms. The molecule has 5 rings (SSSR count). The minimum atomic E-state index is -1.86. The molecule has 0 aromatic heterocycles. The van der Waals surface area contributed by atoms with Crippen molar-refractivity contribution in [3.05, 3.63) is 46.5 Å². The monoisotopic (exact) mass is 905 g/mol. The van der Waals surface area contributed by atoms with E-state index in [1.165, 1.54) is 49.8 Å². The third kappa shape index (κ3) is 11.2. The van der Waals surface area contributed by atoms with Crippen molar-refractivity contribution in [2.45, 2.75) is 108 Å². The van der Waals surface area contributed by atoms with E-state index in [0.29, 0.717) is 49.5 Å². The summed E-state index contributed by atoms with van der Waals surface area (Å²) >= 11 is 8.09. The lowest BCUT2D eigenvalue weighted by atomic mass is 9.83. The van der Waals surface area contributed by atoms with Gasteiger partial charge in [0.2, 0.25) is 23.6 Å². The first-order valence-electron chi connectivity index (χ1n) is 20.7. The Kier molecular flexibility index (Phi) is 16.0. The number of allylic oxidation sites excluding steroid dienone is 3. The van der Waals surface area contributed by atoms with E-state index in [9.17, 15) is 33.9 Å². The van der Waals surface area contributed by atoms with Crippen LogP contribution in [0, 0.1) is 11.8 Å². The minimum absolute atomic E-state index is 0.0442. The second kappa shape index (κ2) is 20.4. The third-order valence-electron chi connectivity index (χ3n) is 12.5. The lowest BCUT2D eigenvalue weighted by Gasteiger charge is -2.42. The number of likely N-dealkylation sites (tertiary alicyclic amines) is 1. The van der Waals surface area contributed by atoms with E-state index in [1.54, 1.807) is 50.1 Å². The third-order valence-corrected chi connectivity index (χ3v) is 13.8. The van der Waals surface area contributed by atoms with Crippen molar-refractivity contribution in [2.24, 2.45) is 17.6 Å². The number of thioether (sulfide) groups is 1. The Morgan fingerprint density at radius 3 is 2.52 bits per heavy atom. The normalized spacial score (nSPS) is 30.1. The number of benzene rings is 1. The fourth-order valence-corrected chi connectivity index (χ4v) is 9.35. The summed E-state index contributed by atoms with van der Waals surface area (Å²) in [6.07, 6.45) is 1.71. The Labute approximate surface area is 371 Å². The van der Waals surface area contributed by atoms with Gasteiger partial charge in [0, 0.05) is 64.7 Å². The molecule has 3 fully saturated rings. The number of methoxy groups -OCH3 is 2. The number of carbonyl (C=O) groups is 6. The number of anilines is 1. The molecule has 0 radical (unpaired) electrons. The molecule has 62 heavy (non-hydrogen) atoms. The van der Waals surface area contributed by atoms with Crippen molar-refractivity contribution in [2.75, 3.05) is 57.8 Å². The van der Waals surface area contributed by atoms with Crippen LogP contribution in [0.3, 0.4) is 0 Å². The maximum Gasteiger partial charge on any atom is 0.409 e. The highest BCUT2D eigenvalue weighted by atomic mass is 35.5. The van der Waals surface area contributed by atoms with Gasteiger partial charge in [-0.1, -0.05) is 42.3 Å². The molecule has 4 bridgehead atoms. The average Bonchev–Trinajstić information content (AvgIpc) is 3.94. The standard InChI is InChI=1S/C43H60ClN5O12S/c1-24-10-9-11-32(58-8)43(56)22-31(59-41(55)46-43)25(2)38-42(4,61-38)33(21-35(51)48(6)29-19-27(18-24)20-30(57-7)37(29)44)60-40(54)26(3)47(5)34(50)14-17-62-23-36(52)49-15-12-28(13-16-49)39(45)53/h9-11,19-20,25-26,28,31-33,38,56H,12-18,21-23H2,1-8H3,(H2,45,53)(H,46,55)/b11-9+,24-10+/t25-,26-,31+,32-,33+,38+,42+,43+/m1/s1. The van der Waals surface area contributed by atoms with Crippen LogP contribution >= 0.6 is 23.4 Å². The van der Waals surface area contributed by atoms with E-state index in [0.717, 1.165) is 11.1 Å². The number of alkyl carbamates (subject to hydrolysis) is 1. The number of epoxide rings is 1. The highest BCUT2D eigenvalue weighted by molar-refractivity contribution is 7.99. The Bertz CT molecular complexity index is 1940. The summed E-state index contributed by atoms with van der Waals surface area (Å²) < 4.78 is 29.3. The Balaban J connectivity index is 1.34. The summed E-state index contributed by atoms with van der Waals surface area (Å²) in [5.41, 5.74) is 4.33. The Morgan fingerprint density at radius 1 is 1.18 bits per heavy atom. The van der Waals surface area contributed by atoms with E-state index in [1.807, 2.05) is 13.0 Å². The van der Waals surface area contributed by atoms with Crippen LogP contribution < -0.4 is 20.7 Å². The Morgan fingerprint density at radius 2 is 1.87 bits per heavy atom. The van der Waals surface area contributed by atoms with Crippen LogP contribution in [-0.4, -0.2) is 145 Å². The number of primary amides is 1. The zero-order valence-corrected chi connectivity index (χ0v) is 38.2. The van der Waals surface area contributed by atoms with Gasteiger partial charge in [0.1, 0.15) is 40.7 Å². The van der Waals surface area contributed by atoms with Gasteiger partial charge >= 0.3 is 12.1 Å². The van der Waals surface area contributed by atoms with Crippen molar-refractivity contribution in [3.63, 3.8) is 0 Å². The number of fused-ring (bicyclic) bond motifs is 5. The van der Waals surface area contributed by atoms with Crippen LogP contribution in [0.25, 0.3) is 0 Å². The maximum absolute atomic E-state index is 14.3. The second-order valence-electron chi connectivity index (χ2n) is 16.8. The van der Waals surface area contributed by atoms with Gasteiger partial charge in [0.05, 0.1) is 31.1 Å². The lowest BCUT2D eigenvalue weighted by molar-refractivity contribution is -0.162. The molecule has 5 amide bonds. The number of esters is 1. The molecule has 342 valence electrons. The van der Waals surface area contributed by atoms with Crippen LogP contribution in [0.15, 0.2) is 35.9 Å². The molecular weight excluding hydrogens is 846 g/mol. The molecule has 8 atom stereocenters. The number of nitrogens with two attached hydrogens (primary N) is 1. The van der Waals surface area contributed by atoms with Gasteiger partial charge in [-0.2, -0.15) is 11.8 Å². The first-order chi connectivity index (χ1) is 29.2. The fraction of sp³-hybridized carbons (Fsp3) is 0.628. The lowest BCUT2D eigenvalue weighted by Crippen LogP contribution is -2.63. The molecule has 0 saturated carbocycles. The number of rotatable bonds is 11. The van der Waals surface area contributed by atoms with Crippen LogP contribution in [-0.2, 0) is 49.3 Å². The highest BCUT2D eigenvalue weighted by Gasteiger charge is 2.64. The zero-order chi connectivity index (χ0) is 45.7. The van der Waals surface area contributed by atoms with Crippen molar-refractivity contribution >= 4 is 64.7 Å². The van der Waals surface area contributed by atoms with Gasteiger partial charge in [-0.3, -0.25) is 24.5 Å².